The second-order valence-electron chi connectivity index (χ2n) is 5.98. The molecule has 0 fully saturated rings. The van der Waals surface area contributed by atoms with Crippen LogP contribution in [0, 0.1) is 5.92 Å². The van der Waals surface area contributed by atoms with E-state index >= 15 is 0 Å². The summed E-state index contributed by atoms with van der Waals surface area (Å²) in [5.74, 6) is -3.11. The maximum absolute atomic E-state index is 11.2. The zero-order valence-electron chi connectivity index (χ0n) is 15.6. The molecule has 0 bridgehead atoms. The summed E-state index contributed by atoms with van der Waals surface area (Å²) >= 11 is 0. The minimum absolute atomic E-state index is 0. The Morgan fingerprint density at radius 2 is 1.50 bits per heavy atom. The van der Waals surface area contributed by atoms with Gasteiger partial charge in [-0.1, -0.05) is 42.5 Å². The second-order valence-corrected chi connectivity index (χ2v) is 5.98. The van der Waals surface area contributed by atoms with Crippen molar-refractivity contribution < 1.29 is 49.4 Å². The molecular weight excluding hydrogens is 369 g/mol. The Labute approximate surface area is 185 Å². The summed E-state index contributed by atoms with van der Waals surface area (Å²) in [5, 5.41) is 26.3. The number of hydrogen-bond donors (Lipinski definition) is 3. The van der Waals surface area contributed by atoms with E-state index in [1.165, 1.54) is 0 Å². The van der Waals surface area contributed by atoms with E-state index in [-0.39, 0.29) is 42.4 Å². The smallest absolute Gasteiger partial charge is 0.481 e. The predicted molar refractivity (Wildman–Crippen MR) is 102 cm³/mol. The van der Waals surface area contributed by atoms with Gasteiger partial charge in [0.05, 0.1) is 17.3 Å². The molecule has 0 heterocycles. The van der Waals surface area contributed by atoms with Gasteiger partial charge in [0, 0.05) is 0 Å². The van der Waals surface area contributed by atoms with Crippen LogP contribution < -0.4 is 35.3 Å². The number of hydrogen-bond acceptors (Lipinski definition) is 5. The minimum atomic E-state index is -1.20. The van der Waals surface area contributed by atoms with Crippen molar-refractivity contribution in [2.45, 2.75) is 18.9 Å². The van der Waals surface area contributed by atoms with Crippen LogP contribution in [0.5, 0.6) is 0 Å². The average Bonchev–Trinajstić information content (AvgIpc) is 2.67. The summed E-state index contributed by atoms with van der Waals surface area (Å²) in [4.78, 5) is 22.0. The molecule has 4 N–H and O–H groups in total. The van der Waals surface area contributed by atoms with E-state index in [2.05, 4.69) is 10.2 Å². The summed E-state index contributed by atoms with van der Waals surface area (Å²) in [6.45, 7) is 0. The Hall–Kier alpha value is -2.32. The number of azo groups is 1. The average molecular weight is 390 g/mol. The number of carboxylic acids is 2. The zero-order valence-corrected chi connectivity index (χ0v) is 17.6. The van der Waals surface area contributed by atoms with Gasteiger partial charge >= 0.3 is 41.5 Å². The minimum Gasteiger partial charge on any atom is -0.481 e. The monoisotopic (exact) mass is 390 g/mol. The largest absolute Gasteiger partial charge is 1.00 e. The molecule has 28 heavy (non-hydrogen) atoms. The van der Waals surface area contributed by atoms with Crippen LogP contribution in [-0.4, -0.2) is 28.2 Å². The molecule has 0 aliphatic heterocycles. The molecular formula is C20H21N3NaO4+. The van der Waals surface area contributed by atoms with E-state index in [1.54, 1.807) is 24.3 Å². The van der Waals surface area contributed by atoms with Crippen LogP contribution in [-0.2, 0) is 9.59 Å². The number of nitrogens with zero attached hydrogens (tertiary/aromatic N) is 2. The summed E-state index contributed by atoms with van der Waals surface area (Å²) in [6, 6.07) is 15.5. The van der Waals surface area contributed by atoms with Crippen LogP contribution in [0.3, 0.4) is 0 Å². The van der Waals surface area contributed by atoms with Crippen molar-refractivity contribution in [1.29, 1.82) is 0 Å². The third kappa shape index (κ3) is 8.14. The fourth-order valence-electron chi connectivity index (χ4n) is 2.34. The number of carboxylic acid groups (broad SMARTS) is 2. The zero-order chi connectivity index (χ0) is 19.6. The first kappa shape index (κ1) is 23.7. The third-order valence-corrected chi connectivity index (χ3v) is 3.87. The van der Waals surface area contributed by atoms with Gasteiger partial charge in [-0.25, -0.2) is 0 Å². The Kier molecular flexibility index (Phi) is 10.3. The number of aliphatic carboxylic acids is 2. The molecule has 2 aromatic rings. The van der Waals surface area contributed by atoms with Crippen LogP contribution >= 0.6 is 0 Å². The van der Waals surface area contributed by atoms with Crippen molar-refractivity contribution in [1.82, 2.24) is 0 Å². The summed E-state index contributed by atoms with van der Waals surface area (Å²) in [7, 11) is 0. The van der Waals surface area contributed by atoms with Crippen LogP contribution in [0.1, 0.15) is 18.4 Å². The SMILES string of the molecule is N[C@@H](C[C@@H](C/C=C/c1ccc(N=Nc2ccccc2)cc1)C(=O)O)C(=O)O.[Na+]. The second kappa shape index (κ2) is 12.2. The van der Waals surface area contributed by atoms with Crippen LogP contribution in [0.25, 0.3) is 6.08 Å². The van der Waals surface area contributed by atoms with Crippen molar-refractivity contribution in [3.63, 3.8) is 0 Å². The van der Waals surface area contributed by atoms with Crippen LogP contribution in [0.15, 0.2) is 70.9 Å². The standard InChI is InChI=1S/C20H21N3O4.Na/c21-18(20(26)27)13-15(19(24)25)6-4-5-14-9-11-17(12-10-14)23-22-16-7-2-1-3-8-16;/h1-5,7-12,15,18H,6,13,21H2,(H,24,25)(H,26,27);/q;+1/b5-4+,23-22?;/t15-,18+;/m1./s1. The van der Waals surface area contributed by atoms with Gasteiger partial charge in [0.25, 0.3) is 0 Å². The van der Waals surface area contributed by atoms with Crippen LogP contribution in [0.4, 0.5) is 11.4 Å². The van der Waals surface area contributed by atoms with E-state index in [0.29, 0.717) is 5.69 Å². The molecule has 0 saturated heterocycles. The molecule has 0 aliphatic rings. The van der Waals surface area contributed by atoms with Crippen LogP contribution in [0.2, 0.25) is 0 Å². The Balaban J connectivity index is 0.00000392. The maximum Gasteiger partial charge on any atom is 1.00 e. The molecule has 0 saturated carbocycles. The van der Waals surface area contributed by atoms with Crippen molar-refractivity contribution in [2.75, 3.05) is 0 Å². The van der Waals surface area contributed by atoms with Gasteiger partial charge in [-0.05, 0) is 42.7 Å². The fourth-order valence-corrected chi connectivity index (χ4v) is 2.34. The number of allylic oxidation sites excluding steroid dienone is 1. The van der Waals surface area contributed by atoms with Gasteiger partial charge in [-0.15, -0.1) is 0 Å². The van der Waals surface area contributed by atoms with E-state index in [4.69, 9.17) is 10.8 Å². The topological polar surface area (TPSA) is 125 Å². The normalized spacial score (nSPS) is 13.2. The van der Waals surface area contributed by atoms with Crippen molar-refractivity contribution in [3.05, 3.63) is 66.2 Å². The third-order valence-electron chi connectivity index (χ3n) is 3.87. The van der Waals surface area contributed by atoms with E-state index in [1.807, 2.05) is 42.5 Å². The predicted octanol–water partition coefficient (Wildman–Crippen LogP) is 1.01. The molecule has 2 atom stereocenters. The van der Waals surface area contributed by atoms with E-state index in [9.17, 15) is 14.7 Å². The molecule has 0 amide bonds. The maximum atomic E-state index is 11.2. The molecule has 0 unspecified atom stereocenters. The summed E-state index contributed by atoms with van der Waals surface area (Å²) in [6.07, 6.45) is 3.56. The van der Waals surface area contributed by atoms with Gasteiger partial charge in [-0.2, -0.15) is 10.2 Å². The van der Waals surface area contributed by atoms with E-state index in [0.717, 1.165) is 11.3 Å². The molecule has 0 radical (unpaired) electrons. The molecule has 2 aromatic carbocycles. The van der Waals surface area contributed by atoms with Gasteiger partial charge in [-0.3, -0.25) is 9.59 Å². The Morgan fingerprint density at radius 1 is 0.929 bits per heavy atom. The molecule has 8 heteroatoms. The van der Waals surface area contributed by atoms with Crippen molar-refractivity contribution in [3.8, 4) is 0 Å². The quantitative estimate of drug-likeness (QED) is 0.435. The van der Waals surface area contributed by atoms with Gasteiger partial charge in [0.15, 0.2) is 0 Å². The van der Waals surface area contributed by atoms with E-state index < -0.39 is 23.9 Å². The summed E-state index contributed by atoms with van der Waals surface area (Å²) in [5.41, 5.74) is 7.76. The molecule has 0 aliphatic carbocycles. The molecule has 140 valence electrons. The molecule has 0 spiro atoms. The molecule has 2 rings (SSSR count). The number of carbonyl (C=O) groups is 2. The first-order valence-electron chi connectivity index (χ1n) is 8.40. The Bertz CT molecular complexity index is 823. The number of nitrogens with two attached hydrogens (primary N) is 1. The van der Waals surface area contributed by atoms with Crippen molar-refractivity contribution in [2.24, 2.45) is 21.9 Å². The first-order chi connectivity index (χ1) is 13.0. The number of rotatable bonds is 9. The van der Waals surface area contributed by atoms with Gasteiger partial charge in [0.2, 0.25) is 0 Å². The summed E-state index contributed by atoms with van der Waals surface area (Å²) < 4.78 is 0. The first-order valence-corrected chi connectivity index (χ1v) is 8.40. The van der Waals surface area contributed by atoms with Gasteiger partial charge in [0.1, 0.15) is 6.04 Å². The fraction of sp³-hybridized carbons (Fsp3) is 0.200. The number of benzene rings is 2. The molecule has 0 aromatic heterocycles. The Morgan fingerprint density at radius 3 is 2.04 bits per heavy atom. The van der Waals surface area contributed by atoms with Gasteiger partial charge < -0.3 is 15.9 Å². The van der Waals surface area contributed by atoms with Crippen molar-refractivity contribution >= 4 is 29.4 Å². The molecule has 7 nitrogen and oxygen atoms in total.